The number of nitrogens with zero attached hydrogens (tertiary/aromatic N) is 2. The van der Waals surface area contributed by atoms with Crippen LogP contribution in [0.5, 0.6) is 23.0 Å². The molecule has 0 aliphatic carbocycles. The Morgan fingerprint density at radius 3 is 2.10 bits per heavy atom. The average Bonchev–Trinajstić information content (AvgIpc) is 4.04. The van der Waals surface area contributed by atoms with Crippen molar-refractivity contribution in [1.29, 1.82) is 0 Å². The second-order valence-corrected chi connectivity index (χ2v) is 16.3. The topological polar surface area (TPSA) is 252 Å². The Bertz CT molecular complexity index is 2390. The molecule has 368 valence electrons. The first-order valence-corrected chi connectivity index (χ1v) is 22.3. The van der Waals surface area contributed by atoms with Gasteiger partial charge in [-0.15, -0.1) is 11.3 Å². The van der Waals surface area contributed by atoms with E-state index in [0.29, 0.717) is 10.3 Å². The van der Waals surface area contributed by atoms with Gasteiger partial charge in [0.2, 0.25) is 17.7 Å². The van der Waals surface area contributed by atoms with Gasteiger partial charge >= 0.3 is 11.9 Å². The number of methoxy groups -OCH3 is 2. The Labute approximate surface area is 392 Å². The highest BCUT2D eigenvalue weighted by Gasteiger charge is 2.31. The van der Waals surface area contributed by atoms with Gasteiger partial charge in [-0.1, -0.05) is 0 Å². The van der Waals surface area contributed by atoms with Crippen molar-refractivity contribution in [3.8, 4) is 23.0 Å². The highest BCUT2D eigenvalue weighted by atomic mass is 32.1. The monoisotopic (exact) mass is 974 g/mol. The van der Waals surface area contributed by atoms with Crippen molar-refractivity contribution in [3.05, 3.63) is 58.0 Å². The van der Waals surface area contributed by atoms with Crippen molar-refractivity contribution in [1.82, 2.24) is 20.4 Å². The molecule has 0 saturated carbocycles. The van der Waals surface area contributed by atoms with Gasteiger partial charge in [0.05, 0.1) is 78.1 Å². The molecule has 2 aliphatic rings. The van der Waals surface area contributed by atoms with E-state index in [4.69, 9.17) is 38.3 Å². The summed E-state index contributed by atoms with van der Waals surface area (Å²) in [5.41, 5.74) is 0.719. The van der Waals surface area contributed by atoms with Crippen molar-refractivity contribution in [3.63, 3.8) is 0 Å². The molecule has 5 rings (SSSR count). The number of carbonyl (C=O) groups is 8. The van der Waals surface area contributed by atoms with E-state index in [9.17, 15) is 38.4 Å². The predicted molar refractivity (Wildman–Crippen MR) is 235 cm³/mol. The molecule has 2 aliphatic heterocycles. The molecule has 0 spiro atoms. The highest BCUT2D eigenvalue weighted by molar-refractivity contribution is 7.20. The maximum absolute atomic E-state index is 15.9. The molecule has 1 aromatic heterocycles. The number of ketones is 1. The number of imide groups is 1. The lowest BCUT2D eigenvalue weighted by Gasteiger charge is -2.17. The van der Waals surface area contributed by atoms with Crippen LogP contribution in [0.4, 0.5) is 8.78 Å². The quantitative estimate of drug-likeness (QED) is 0.0391. The zero-order valence-electron chi connectivity index (χ0n) is 37.6. The van der Waals surface area contributed by atoms with Crippen LogP contribution in [0.15, 0.2) is 30.4 Å². The number of thiophene rings is 1. The third-order valence-corrected chi connectivity index (χ3v) is 11.4. The SMILES string of the molecule is COc1cc2c(c(F)c1OCCCOc1c(OC)cc3sc(C(=O)CCC(=O)O)cc3c1F)CN(C(=O)CCC(=O)O[C@@H](C)CNC(=O)CCOCCOCCNC(=O)CN1C(=O)C=CC1=O)C2. The molecule has 3 heterocycles. The molecule has 20 nitrogen and oxygen atoms in total. The van der Waals surface area contributed by atoms with Crippen LogP contribution in [0, 0.1) is 11.6 Å². The number of carboxylic acids is 1. The maximum atomic E-state index is 15.9. The summed E-state index contributed by atoms with van der Waals surface area (Å²) in [6.45, 7) is 1.87. The minimum Gasteiger partial charge on any atom is -0.493 e. The van der Waals surface area contributed by atoms with E-state index in [2.05, 4.69) is 10.6 Å². The van der Waals surface area contributed by atoms with Crippen LogP contribution in [0.25, 0.3) is 10.1 Å². The van der Waals surface area contributed by atoms with Crippen LogP contribution < -0.4 is 29.6 Å². The predicted octanol–water partition coefficient (Wildman–Crippen LogP) is 3.23. The summed E-state index contributed by atoms with van der Waals surface area (Å²) in [6, 6.07) is 4.44. The lowest BCUT2D eigenvalue weighted by atomic mass is 10.1. The standard InChI is InChI=1S/C45H52F2N4O16S/c1-26(22-49-35(53)11-15-63-17-18-64-16-12-48-36(54)25-51-38(56)6-7-39(51)57)67-41(60)10-8-37(55)50-23-27-19-31(61-2)44(43(47)29(27)24-50)65-13-4-14-66-45-32(62-3)21-33-28(42(45)46)20-34(68-33)30(52)5-9-40(58)59/h6-7,19-21,26H,4-5,8-18,22-25H2,1-3H3,(H,48,54)(H,49,53)(H,58,59)/t26-/m0/s1. The minimum absolute atomic E-state index is 0.0215. The number of carbonyl (C=O) groups excluding carboxylic acids is 7. The lowest BCUT2D eigenvalue weighted by molar-refractivity contribution is -0.150. The van der Waals surface area contributed by atoms with E-state index in [1.807, 2.05) is 0 Å². The summed E-state index contributed by atoms with van der Waals surface area (Å²) < 4.78 is 70.1. The van der Waals surface area contributed by atoms with Crippen molar-refractivity contribution in [2.24, 2.45) is 0 Å². The summed E-state index contributed by atoms with van der Waals surface area (Å²) in [6.07, 6.45) is 0.655. The molecule has 0 radical (unpaired) electrons. The van der Waals surface area contributed by atoms with E-state index < -0.39 is 59.1 Å². The summed E-state index contributed by atoms with van der Waals surface area (Å²) in [4.78, 5) is 98.5. The van der Waals surface area contributed by atoms with Crippen LogP contribution in [-0.2, 0) is 60.9 Å². The number of benzene rings is 2. The van der Waals surface area contributed by atoms with Gasteiger partial charge in [-0.25, -0.2) is 8.78 Å². The van der Waals surface area contributed by atoms with Gasteiger partial charge in [0.25, 0.3) is 11.8 Å². The van der Waals surface area contributed by atoms with E-state index in [0.717, 1.165) is 28.4 Å². The highest BCUT2D eigenvalue weighted by Crippen LogP contribution is 2.41. The smallest absolute Gasteiger partial charge is 0.306 e. The largest absolute Gasteiger partial charge is 0.493 e. The molecular formula is C45H52F2N4O16S. The molecule has 1 atom stereocenters. The maximum Gasteiger partial charge on any atom is 0.306 e. The van der Waals surface area contributed by atoms with Crippen LogP contribution in [0.1, 0.15) is 66.2 Å². The van der Waals surface area contributed by atoms with E-state index in [-0.39, 0.29) is 156 Å². The first kappa shape index (κ1) is 52.3. The Morgan fingerprint density at radius 1 is 0.765 bits per heavy atom. The van der Waals surface area contributed by atoms with Gasteiger partial charge in [-0.2, -0.15) is 0 Å². The Kier molecular flexibility index (Phi) is 19.5. The van der Waals surface area contributed by atoms with Crippen LogP contribution >= 0.6 is 11.3 Å². The Hall–Kier alpha value is -6.72. The third kappa shape index (κ3) is 14.6. The molecule has 3 aromatic rings. The molecule has 23 heteroatoms. The number of rotatable bonds is 29. The normalized spacial score (nSPS) is 13.4. The number of ether oxygens (including phenoxy) is 7. The van der Waals surface area contributed by atoms with Gasteiger partial charge in [0.15, 0.2) is 40.4 Å². The molecule has 68 heavy (non-hydrogen) atoms. The number of hydrogen-bond acceptors (Lipinski definition) is 16. The fourth-order valence-electron chi connectivity index (χ4n) is 6.77. The average molecular weight is 975 g/mol. The molecule has 5 amide bonds. The van der Waals surface area contributed by atoms with E-state index in [1.165, 1.54) is 31.3 Å². The molecular weight excluding hydrogens is 923 g/mol. The van der Waals surface area contributed by atoms with Crippen molar-refractivity contribution >= 4 is 68.7 Å². The fraction of sp³-hybridized carbons (Fsp3) is 0.467. The van der Waals surface area contributed by atoms with Crippen LogP contribution in [0.3, 0.4) is 0 Å². The number of carboxylic acid groups (broad SMARTS) is 1. The van der Waals surface area contributed by atoms with Gasteiger partial charge < -0.3 is 53.8 Å². The first-order chi connectivity index (χ1) is 32.6. The van der Waals surface area contributed by atoms with Crippen LogP contribution in [-0.4, -0.2) is 142 Å². The second-order valence-electron chi connectivity index (χ2n) is 15.2. The summed E-state index contributed by atoms with van der Waals surface area (Å²) in [5, 5.41) is 14.2. The molecule has 2 aromatic carbocycles. The second kappa shape index (κ2) is 25.4. The minimum atomic E-state index is -1.12. The lowest BCUT2D eigenvalue weighted by Crippen LogP contribution is -2.41. The zero-order valence-corrected chi connectivity index (χ0v) is 38.4. The number of nitrogens with one attached hydrogen (secondary N) is 2. The number of amides is 5. The number of hydrogen-bond donors (Lipinski definition) is 3. The van der Waals surface area contributed by atoms with Gasteiger partial charge in [0, 0.05) is 79.2 Å². The zero-order chi connectivity index (χ0) is 49.3. The molecule has 0 fully saturated rings. The van der Waals surface area contributed by atoms with Gasteiger partial charge in [-0.05, 0) is 24.6 Å². The summed E-state index contributed by atoms with van der Waals surface area (Å²) in [7, 11) is 2.67. The number of esters is 1. The van der Waals surface area contributed by atoms with E-state index >= 15 is 8.78 Å². The number of fused-ring (bicyclic) bond motifs is 2. The molecule has 0 bridgehead atoms. The summed E-state index contributed by atoms with van der Waals surface area (Å²) in [5.74, 6) is -6.27. The molecule has 0 saturated heterocycles. The summed E-state index contributed by atoms with van der Waals surface area (Å²) >= 11 is 1.01. The number of Topliss-reactive ketones (excluding diaryl/α,β-unsaturated/α-hetero) is 1. The Morgan fingerprint density at radius 2 is 1.43 bits per heavy atom. The Balaban J connectivity index is 0.953. The molecule has 0 unspecified atom stereocenters. The van der Waals surface area contributed by atoms with Crippen molar-refractivity contribution < 1.29 is 85.4 Å². The van der Waals surface area contributed by atoms with E-state index in [1.54, 1.807) is 13.0 Å². The van der Waals surface area contributed by atoms with Gasteiger partial charge in [0.1, 0.15) is 12.6 Å². The van der Waals surface area contributed by atoms with Crippen molar-refractivity contribution in [2.75, 3.05) is 73.5 Å². The third-order valence-electron chi connectivity index (χ3n) is 10.3. The number of halogens is 2. The first-order valence-electron chi connectivity index (χ1n) is 21.5. The van der Waals surface area contributed by atoms with Crippen molar-refractivity contribution in [2.45, 2.75) is 64.6 Å². The molecule has 3 N–H and O–H groups in total. The van der Waals surface area contributed by atoms with Gasteiger partial charge in [-0.3, -0.25) is 43.3 Å². The number of aliphatic carboxylic acids is 1. The fourth-order valence-corrected chi connectivity index (χ4v) is 7.83. The van der Waals surface area contributed by atoms with Crippen LogP contribution in [0.2, 0.25) is 0 Å².